The second kappa shape index (κ2) is 8.05. The lowest BCUT2D eigenvalue weighted by atomic mass is 10.1. The van der Waals surface area contributed by atoms with Crippen LogP contribution in [0.5, 0.6) is 5.75 Å². The van der Waals surface area contributed by atoms with Crippen molar-refractivity contribution in [3.8, 4) is 17.0 Å². The summed E-state index contributed by atoms with van der Waals surface area (Å²) >= 11 is 1.32. The number of halogens is 4. The van der Waals surface area contributed by atoms with Crippen LogP contribution in [0.15, 0.2) is 42.5 Å². The minimum Gasteiger partial charge on any atom is -0.381 e. The van der Waals surface area contributed by atoms with Crippen molar-refractivity contribution in [3.05, 3.63) is 53.2 Å². The van der Waals surface area contributed by atoms with Crippen molar-refractivity contribution in [2.24, 2.45) is 0 Å². The number of hydrogen-bond donors (Lipinski definition) is 2. The first-order valence-electron chi connectivity index (χ1n) is 10.2. The largest absolute Gasteiger partial charge is 0.534 e. The van der Waals surface area contributed by atoms with E-state index in [1.165, 1.54) is 17.4 Å². The molecular weight excluding hydrogens is 510 g/mol. The Morgan fingerprint density at radius 1 is 1.14 bits per heavy atom. The number of pyridine rings is 1. The van der Waals surface area contributed by atoms with Crippen LogP contribution in [0.3, 0.4) is 0 Å². The molecule has 0 fully saturated rings. The molecule has 0 spiro atoms. The zero-order valence-corrected chi connectivity index (χ0v) is 19.4. The highest BCUT2D eigenvalue weighted by molar-refractivity contribution is 7.88. The van der Waals surface area contributed by atoms with E-state index in [-0.39, 0.29) is 23.2 Å². The van der Waals surface area contributed by atoms with Crippen molar-refractivity contribution in [3.63, 3.8) is 0 Å². The molecule has 3 heterocycles. The van der Waals surface area contributed by atoms with Gasteiger partial charge < -0.3 is 14.8 Å². The number of amides is 1. The smallest absolute Gasteiger partial charge is 0.381 e. The third kappa shape index (κ3) is 4.04. The van der Waals surface area contributed by atoms with Crippen LogP contribution < -0.4 is 14.8 Å². The molecule has 13 heteroatoms. The summed E-state index contributed by atoms with van der Waals surface area (Å²) in [4.78, 5) is 17.5. The van der Waals surface area contributed by atoms with Gasteiger partial charge in [0, 0.05) is 33.6 Å². The second-order valence-electron chi connectivity index (χ2n) is 7.89. The van der Waals surface area contributed by atoms with E-state index in [2.05, 4.69) is 19.8 Å². The molecule has 0 bridgehead atoms. The molecule has 0 unspecified atom stereocenters. The minimum atomic E-state index is -5.92. The van der Waals surface area contributed by atoms with E-state index in [1.54, 1.807) is 18.2 Å². The summed E-state index contributed by atoms with van der Waals surface area (Å²) in [5.74, 6) is -1.72. The van der Waals surface area contributed by atoms with Gasteiger partial charge in [-0.2, -0.15) is 21.6 Å². The number of thiophene rings is 1. The number of aromatic nitrogens is 1. The zero-order chi connectivity index (χ0) is 25.1. The molecule has 1 atom stereocenters. The number of anilines is 1. The summed E-state index contributed by atoms with van der Waals surface area (Å²) in [6.07, 6.45) is 0. The van der Waals surface area contributed by atoms with Crippen LogP contribution in [0.2, 0.25) is 0 Å². The molecule has 4 aromatic rings. The van der Waals surface area contributed by atoms with Crippen molar-refractivity contribution in [2.45, 2.75) is 18.5 Å². The van der Waals surface area contributed by atoms with Gasteiger partial charge in [0.1, 0.15) is 16.4 Å². The summed E-state index contributed by atoms with van der Waals surface area (Å²) < 4.78 is 80.1. The van der Waals surface area contributed by atoms with E-state index in [9.17, 15) is 30.8 Å². The van der Waals surface area contributed by atoms with Crippen LogP contribution in [0.1, 0.15) is 16.6 Å². The molecule has 2 N–H and O–H groups in total. The van der Waals surface area contributed by atoms with Gasteiger partial charge in [-0.05, 0) is 49.4 Å². The number of nitrogens with one attached hydrogen (secondary N) is 2. The van der Waals surface area contributed by atoms with Crippen molar-refractivity contribution in [1.82, 2.24) is 10.3 Å². The first-order chi connectivity index (χ1) is 16.4. The molecule has 1 amide bonds. The quantitative estimate of drug-likeness (QED) is 0.221. The molecule has 1 aliphatic rings. The lowest BCUT2D eigenvalue weighted by molar-refractivity contribution is -0.0500. The number of carbonyl (C=O) groups is 1. The normalized spacial score (nSPS) is 16.5. The Labute approximate surface area is 199 Å². The van der Waals surface area contributed by atoms with Gasteiger partial charge in [0.15, 0.2) is 0 Å². The van der Waals surface area contributed by atoms with Crippen LogP contribution in [0.25, 0.3) is 32.2 Å². The summed E-state index contributed by atoms with van der Waals surface area (Å²) in [6, 6.07) is 8.94. The fourth-order valence-electron chi connectivity index (χ4n) is 3.80. The molecule has 182 valence electrons. The monoisotopic (exact) mass is 525 g/mol. The standard InChI is InChI=1S/C22H15F4N3O4S2/c1-10-9-27-19-18-12-3-5-16(29-15(12)6-7-17(18)34-20(19)21(30)28-10)13-8-11(2-4-14(13)23)33-35(31,32)22(24,25)26/h2-8,10,27H,9H2,1H3,(H,28,30)/t10-/m1/s1. The lowest BCUT2D eigenvalue weighted by Crippen LogP contribution is -2.34. The highest BCUT2D eigenvalue weighted by Gasteiger charge is 2.48. The van der Waals surface area contributed by atoms with E-state index >= 15 is 0 Å². The Kier molecular flexibility index (Phi) is 5.36. The van der Waals surface area contributed by atoms with Crippen LogP contribution in [-0.2, 0) is 10.1 Å². The maximum atomic E-state index is 14.6. The Bertz CT molecular complexity index is 1620. The highest BCUT2D eigenvalue weighted by Crippen LogP contribution is 2.41. The molecule has 0 saturated heterocycles. The first kappa shape index (κ1) is 23.3. The average Bonchev–Trinajstić information content (AvgIpc) is 3.10. The summed E-state index contributed by atoms with van der Waals surface area (Å²) in [7, 11) is -5.92. The highest BCUT2D eigenvalue weighted by atomic mass is 32.2. The molecule has 0 aliphatic carbocycles. The van der Waals surface area contributed by atoms with Crippen LogP contribution in [0.4, 0.5) is 23.2 Å². The van der Waals surface area contributed by atoms with Gasteiger partial charge in [0.25, 0.3) is 5.91 Å². The molecule has 0 saturated carbocycles. The van der Waals surface area contributed by atoms with Gasteiger partial charge in [-0.1, -0.05) is 0 Å². The van der Waals surface area contributed by atoms with Crippen molar-refractivity contribution in [1.29, 1.82) is 0 Å². The summed E-state index contributed by atoms with van der Waals surface area (Å²) in [5.41, 5.74) is -4.69. The fourth-order valence-corrected chi connectivity index (χ4v) is 5.35. The van der Waals surface area contributed by atoms with Crippen LogP contribution in [-0.4, -0.2) is 37.4 Å². The third-order valence-corrected chi connectivity index (χ3v) is 7.53. The SMILES string of the molecule is C[C@@H]1CNc2c(sc3ccc4nc(-c5cc(OS(=O)(=O)C(F)(F)F)ccc5F)ccc4c23)C(=O)N1. The zero-order valence-electron chi connectivity index (χ0n) is 17.7. The maximum absolute atomic E-state index is 14.6. The number of benzene rings is 2. The van der Waals surface area contributed by atoms with Gasteiger partial charge >= 0.3 is 15.6 Å². The number of hydrogen-bond acceptors (Lipinski definition) is 7. The van der Waals surface area contributed by atoms with Crippen molar-refractivity contribution < 1.29 is 35.0 Å². The molecule has 1 aliphatic heterocycles. The van der Waals surface area contributed by atoms with Gasteiger partial charge in [-0.3, -0.25) is 4.79 Å². The van der Waals surface area contributed by atoms with Crippen LogP contribution in [0, 0.1) is 5.82 Å². The number of nitrogens with zero attached hydrogens (tertiary/aromatic N) is 1. The van der Waals surface area contributed by atoms with E-state index in [1.807, 2.05) is 6.92 Å². The van der Waals surface area contributed by atoms with Gasteiger partial charge in [0.05, 0.1) is 16.9 Å². The van der Waals surface area contributed by atoms with Gasteiger partial charge in [-0.15, -0.1) is 11.3 Å². The molecule has 0 radical (unpaired) electrons. The summed E-state index contributed by atoms with van der Waals surface area (Å²) in [6.45, 7) is 2.40. The topological polar surface area (TPSA) is 97.4 Å². The number of carbonyl (C=O) groups excluding carboxylic acids is 1. The second-order valence-corrected chi connectivity index (χ2v) is 10.5. The predicted molar refractivity (Wildman–Crippen MR) is 124 cm³/mol. The van der Waals surface area contributed by atoms with Crippen molar-refractivity contribution >= 4 is 54.0 Å². The fraction of sp³-hybridized carbons (Fsp3) is 0.182. The molecule has 2 aromatic heterocycles. The van der Waals surface area contributed by atoms with E-state index < -0.39 is 27.2 Å². The maximum Gasteiger partial charge on any atom is 0.534 e. The molecule has 5 rings (SSSR count). The lowest BCUT2D eigenvalue weighted by Gasteiger charge is -2.12. The average molecular weight is 526 g/mol. The van der Waals surface area contributed by atoms with Crippen molar-refractivity contribution in [2.75, 3.05) is 11.9 Å². The molecular formula is C22H15F4N3O4S2. The molecule has 7 nitrogen and oxygen atoms in total. The Morgan fingerprint density at radius 2 is 1.91 bits per heavy atom. The summed E-state index contributed by atoms with van der Waals surface area (Å²) in [5, 5.41) is 7.66. The van der Waals surface area contributed by atoms with Crippen LogP contribution >= 0.6 is 11.3 Å². The Balaban J connectivity index is 1.60. The van der Waals surface area contributed by atoms with Gasteiger partial charge in [0.2, 0.25) is 0 Å². The molecule has 2 aromatic carbocycles. The molecule has 35 heavy (non-hydrogen) atoms. The first-order valence-corrected chi connectivity index (χ1v) is 12.4. The minimum absolute atomic E-state index is 0.0600. The van der Waals surface area contributed by atoms with E-state index in [0.717, 1.165) is 28.3 Å². The Morgan fingerprint density at radius 3 is 2.66 bits per heavy atom. The van der Waals surface area contributed by atoms with E-state index in [4.69, 9.17) is 0 Å². The number of rotatable bonds is 3. The predicted octanol–water partition coefficient (Wildman–Crippen LogP) is 5.03. The Hall–Kier alpha value is -3.45. The third-order valence-electron chi connectivity index (χ3n) is 5.39. The van der Waals surface area contributed by atoms with Gasteiger partial charge in [-0.25, -0.2) is 9.37 Å². The number of alkyl halides is 3. The van der Waals surface area contributed by atoms with E-state index in [0.29, 0.717) is 28.0 Å². The number of fused-ring (bicyclic) bond motifs is 5.